The first kappa shape index (κ1) is 20.8. The van der Waals surface area contributed by atoms with Gasteiger partial charge in [-0.3, -0.25) is 0 Å². The number of halogens is 1. The Morgan fingerprint density at radius 2 is 2.04 bits per heavy atom. The van der Waals surface area contributed by atoms with E-state index in [2.05, 4.69) is 10.5 Å². The van der Waals surface area contributed by atoms with Gasteiger partial charge in [-0.15, -0.1) is 11.6 Å². The highest BCUT2D eigenvalue weighted by molar-refractivity contribution is 6.28. The molecule has 1 aromatic rings. The minimum atomic E-state index is -0.683. The fraction of sp³-hybridized carbons (Fsp3) is 0.500. The van der Waals surface area contributed by atoms with E-state index < -0.39 is 17.7 Å². The van der Waals surface area contributed by atoms with Crippen molar-refractivity contribution in [2.24, 2.45) is 5.16 Å². The average Bonchev–Trinajstić information content (AvgIpc) is 2.55. The van der Waals surface area contributed by atoms with E-state index in [4.69, 9.17) is 26.4 Å². The third kappa shape index (κ3) is 9.58. The van der Waals surface area contributed by atoms with E-state index in [-0.39, 0.29) is 5.88 Å². The monoisotopic (exact) mass is 365 g/mol. The molecule has 1 unspecified atom stereocenters. The molecular weight excluding hydrogens is 342 g/mol. The van der Waals surface area contributed by atoms with Crippen LogP contribution in [0.4, 0.5) is 4.79 Å². The summed E-state index contributed by atoms with van der Waals surface area (Å²) in [6.07, 6.45) is 0.186. The number of hydrogen-bond acceptors (Lipinski definition) is 5. The molecule has 1 N–H and O–H groups in total. The van der Waals surface area contributed by atoms with Gasteiger partial charge in [-0.05, 0) is 39.2 Å². The van der Waals surface area contributed by atoms with Crippen molar-refractivity contribution in [1.29, 1.82) is 5.26 Å². The molecule has 0 spiro atoms. The minimum absolute atomic E-state index is 0.194. The normalized spacial score (nSPS) is 12.8. The Bertz CT molecular complexity index is 606. The molecule has 1 amide bonds. The predicted molar refractivity (Wildman–Crippen MR) is 97.4 cm³/mol. The molecule has 0 fully saturated rings. The lowest BCUT2D eigenvalue weighted by molar-refractivity contribution is 0.0514. The van der Waals surface area contributed by atoms with Gasteiger partial charge in [0.05, 0.1) is 17.7 Å². The van der Waals surface area contributed by atoms with E-state index >= 15 is 0 Å². The van der Waals surface area contributed by atoms with Crippen LogP contribution < -0.4 is 5.32 Å². The van der Waals surface area contributed by atoms with Crippen LogP contribution in [0.5, 0.6) is 0 Å². The first-order valence-electron chi connectivity index (χ1n) is 8.01. The maximum Gasteiger partial charge on any atom is 0.408 e. The first-order valence-corrected chi connectivity index (χ1v) is 8.54. The number of benzene rings is 1. The molecule has 0 aliphatic carbocycles. The third-order valence-corrected chi connectivity index (χ3v) is 3.30. The molecule has 0 radical (unpaired) electrons. The predicted octanol–water partition coefficient (Wildman–Crippen LogP) is 4.00. The molecule has 6 nitrogen and oxygen atoms in total. The maximum atomic E-state index is 11.7. The third-order valence-electron chi connectivity index (χ3n) is 2.99. The van der Waals surface area contributed by atoms with Gasteiger partial charge in [0.1, 0.15) is 18.2 Å². The fourth-order valence-corrected chi connectivity index (χ4v) is 2.02. The maximum absolute atomic E-state index is 11.7. The summed E-state index contributed by atoms with van der Waals surface area (Å²) in [5.74, 6) is 0.194. The second-order valence-corrected chi connectivity index (χ2v) is 6.68. The van der Waals surface area contributed by atoms with Gasteiger partial charge in [-0.2, -0.15) is 5.26 Å². The Balaban J connectivity index is 2.44. The molecule has 1 aromatic carbocycles. The summed E-state index contributed by atoms with van der Waals surface area (Å²) in [4.78, 5) is 17.0. The molecule has 0 aromatic heterocycles. The molecule has 25 heavy (non-hydrogen) atoms. The number of ether oxygens (including phenoxy) is 1. The Labute approximate surface area is 153 Å². The van der Waals surface area contributed by atoms with Crippen molar-refractivity contribution >= 4 is 23.4 Å². The number of rotatable bonds is 8. The summed E-state index contributed by atoms with van der Waals surface area (Å²) in [6, 6.07) is 11.0. The van der Waals surface area contributed by atoms with E-state index in [0.717, 1.165) is 5.56 Å². The Kier molecular flexibility index (Phi) is 8.79. The number of alkyl carbamates (subject to hydrolysis) is 1. The lowest BCUT2D eigenvalue weighted by Gasteiger charge is -2.21. The van der Waals surface area contributed by atoms with Crippen molar-refractivity contribution < 1.29 is 14.4 Å². The zero-order chi connectivity index (χ0) is 18.7. The van der Waals surface area contributed by atoms with Crippen LogP contribution in [-0.4, -0.2) is 29.3 Å². The van der Waals surface area contributed by atoms with Gasteiger partial charge in [-0.25, -0.2) is 4.79 Å². The molecule has 0 saturated carbocycles. The smallest absolute Gasteiger partial charge is 0.408 e. The molecule has 0 saturated heterocycles. The lowest BCUT2D eigenvalue weighted by atomic mass is 10.1. The number of nitrogens with one attached hydrogen (secondary N) is 1. The fourth-order valence-electron chi connectivity index (χ4n) is 1.84. The first-order chi connectivity index (χ1) is 11.8. The SMILES string of the molecule is CC(C)(C)OC(=O)NC(C#N)CCC(CCl)=NOCc1ccccc1. The van der Waals surface area contributed by atoms with Gasteiger partial charge in [0.15, 0.2) is 0 Å². The Morgan fingerprint density at radius 3 is 2.60 bits per heavy atom. The van der Waals surface area contributed by atoms with E-state index in [0.29, 0.717) is 25.2 Å². The van der Waals surface area contributed by atoms with Gasteiger partial charge in [0, 0.05) is 0 Å². The molecule has 0 heterocycles. The van der Waals surface area contributed by atoms with Gasteiger partial charge in [0.25, 0.3) is 0 Å². The summed E-state index contributed by atoms with van der Waals surface area (Å²) >= 11 is 5.86. The van der Waals surface area contributed by atoms with E-state index in [1.54, 1.807) is 20.8 Å². The number of carbonyl (C=O) groups is 1. The summed E-state index contributed by atoms with van der Waals surface area (Å²) in [7, 11) is 0. The molecule has 0 bridgehead atoms. The Hall–Kier alpha value is -2.26. The van der Waals surface area contributed by atoms with Crippen molar-refractivity contribution in [2.75, 3.05) is 5.88 Å². The van der Waals surface area contributed by atoms with Crippen LogP contribution >= 0.6 is 11.6 Å². The van der Waals surface area contributed by atoms with E-state index in [1.165, 1.54) is 0 Å². The van der Waals surface area contributed by atoms with Gasteiger partial charge in [-0.1, -0.05) is 35.5 Å². The molecule has 0 aliphatic rings. The summed E-state index contributed by atoms with van der Waals surface area (Å²) in [5.41, 5.74) is 1.00. The number of nitriles is 1. The number of amides is 1. The summed E-state index contributed by atoms with van der Waals surface area (Å²) < 4.78 is 5.13. The van der Waals surface area contributed by atoms with Crippen LogP contribution in [0.15, 0.2) is 35.5 Å². The second-order valence-electron chi connectivity index (χ2n) is 6.42. The zero-order valence-electron chi connectivity index (χ0n) is 14.8. The van der Waals surface area contributed by atoms with Crippen LogP contribution in [-0.2, 0) is 16.2 Å². The number of oxime groups is 1. The second kappa shape index (κ2) is 10.6. The molecule has 1 rings (SSSR count). The standard InChI is InChI=1S/C18H24ClN3O3/c1-18(2,3)25-17(23)21-16(12-20)10-9-15(11-19)22-24-13-14-7-5-4-6-8-14/h4-8,16H,9-11,13H2,1-3H3,(H,21,23). The number of carbonyl (C=O) groups excluding carboxylic acids is 1. The molecular formula is C18H24ClN3O3. The van der Waals surface area contributed by atoms with Crippen LogP contribution in [0.25, 0.3) is 0 Å². The average molecular weight is 366 g/mol. The molecule has 7 heteroatoms. The molecule has 1 atom stereocenters. The largest absolute Gasteiger partial charge is 0.444 e. The minimum Gasteiger partial charge on any atom is -0.444 e. The molecule has 0 aliphatic heterocycles. The highest BCUT2D eigenvalue weighted by Gasteiger charge is 2.19. The number of nitrogens with zero attached hydrogens (tertiary/aromatic N) is 2. The van der Waals surface area contributed by atoms with Crippen LogP contribution in [0.3, 0.4) is 0 Å². The van der Waals surface area contributed by atoms with Gasteiger partial charge < -0.3 is 14.9 Å². The Morgan fingerprint density at radius 1 is 1.36 bits per heavy atom. The van der Waals surface area contributed by atoms with Crippen LogP contribution in [0, 0.1) is 11.3 Å². The lowest BCUT2D eigenvalue weighted by Crippen LogP contribution is -2.38. The summed E-state index contributed by atoms with van der Waals surface area (Å²) in [5, 5.41) is 15.7. The van der Waals surface area contributed by atoms with E-state index in [9.17, 15) is 4.79 Å². The van der Waals surface area contributed by atoms with Crippen molar-refractivity contribution in [3.8, 4) is 6.07 Å². The van der Waals surface area contributed by atoms with Crippen molar-refractivity contribution in [2.45, 2.75) is 51.9 Å². The quantitative estimate of drug-likeness (QED) is 0.428. The van der Waals surface area contributed by atoms with Crippen molar-refractivity contribution in [1.82, 2.24) is 5.32 Å². The van der Waals surface area contributed by atoms with Crippen LogP contribution in [0.2, 0.25) is 0 Å². The van der Waals surface area contributed by atoms with Crippen molar-refractivity contribution in [3.63, 3.8) is 0 Å². The van der Waals surface area contributed by atoms with E-state index in [1.807, 2.05) is 36.4 Å². The molecule has 136 valence electrons. The highest BCUT2D eigenvalue weighted by Crippen LogP contribution is 2.08. The highest BCUT2D eigenvalue weighted by atomic mass is 35.5. The zero-order valence-corrected chi connectivity index (χ0v) is 15.5. The van der Waals surface area contributed by atoms with Gasteiger partial charge >= 0.3 is 6.09 Å². The summed E-state index contributed by atoms with van der Waals surface area (Å²) in [6.45, 7) is 5.63. The number of alkyl halides is 1. The van der Waals surface area contributed by atoms with Crippen molar-refractivity contribution in [3.05, 3.63) is 35.9 Å². The van der Waals surface area contributed by atoms with Gasteiger partial charge in [0.2, 0.25) is 0 Å². The topological polar surface area (TPSA) is 83.7 Å². The van der Waals surface area contributed by atoms with Crippen LogP contribution in [0.1, 0.15) is 39.2 Å². The number of hydrogen-bond donors (Lipinski definition) is 1.